The number of hydrogen-bond acceptors (Lipinski definition) is 5. The molecule has 0 atom stereocenters. The second-order valence-corrected chi connectivity index (χ2v) is 7.84. The largest absolute Gasteiger partial charge is 0.354 e. The number of aromatic nitrogens is 2. The molecule has 5 heteroatoms. The lowest BCUT2D eigenvalue weighted by Crippen LogP contribution is -2.46. The summed E-state index contributed by atoms with van der Waals surface area (Å²) in [6, 6.07) is 18.9. The molecule has 0 aliphatic carbocycles. The molecule has 0 spiro atoms. The second-order valence-electron chi connectivity index (χ2n) is 7.84. The molecule has 1 aliphatic rings. The number of aryl methyl sites for hydroxylation is 2. The Morgan fingerprint density at radius 3 is 2.40 bits per heavy atom. The van der Waals surface area contributed by atoms with E-state index in [-0.39, 0.29) is 0 Å². The molecule has 2 heterocycles. The number of benzene rings is 2. The Kier molecular flexibility index (Phi) is 6.40. The Labute approximate surface area is 179 Å². The summed E-state index contributed by atoms with van der Waals surface area (Å²) in [7, 11) is 0. The van der Waals surface area contributed by atoms with E-state index in [4.69, 9.17) is 4.98 Å². The van der Waals surface area contributed by atoms with Crippen LogP contribution in [0.15, 0.2) is 66.9 Å². The third-order valence-electron chi connectivity index (χ3n) is 5.29. The first-order valence-electron chi connectivity index (χ1n) is 10.5. The highest BCUT2D eigenvalue weighted by Crippen LogP contribution is 2.20. The highest BCUT2D eigenvalue weighted by molar-refractivity contribution is 5.57. The van der Waals surface area contributed by atoms with Crippen LogP contribution in [-0.4, -0.2) is 47.6 Å². The van der Waals surface area contributed by atoms with E-state index in [0.717, 1.165) is 44.2 Å². The molecule has 3 aromatic rings. The lowest BCUT2D eigenvalue weighted by molar-refractivity contribution is 0.283. The summed E-state index contributed by atoms with van der Waals surface area (Å²) in [5.41, 5.74) is 4.73. The van der Waals surface area contributed by atoms with E-state index in [1.165, 1.54) is 16.7 Å². The molecular formula is C25H29N5. The van der Waals surface area contributed by atoms with Crippen molar-refractivity contribution < 1.29 is 0 Å². The van der Waals surface area contributed by atoms with Gasteiger partial charge >= 0.3 is 0 Å². The molecule has 1 aliphatic heterocycles. The van der Waals surface area contributed by atoms with Crippen LogP contribution in [0.4, 0.5) is 17.5 Å². The van der Waals surface area contributed by atoms with Crippen LogP contribution in [-0.2, 0) is 0 Å². The maximum Gasteiger partial charge on any atom is 0.229 e. The molecule has 0 unspecified atom stereocenters. The second kappa shape index (κ2) is 9.55. The highest BCUT2D eigenvalue weighted by atomic mass is 15.3. The molecule has 1 fully saturated rings. The summed E-state index contributed by atoms with van der Waals surface area (Å²) in [6.07, 6.45) is 6.28. The van der Waals surface area contributed by atoms with E-state index >= 15 is 0 Å². The average Bonchev–Trinajstić information content (AvgIpc) is 2.74. The Morgan fingerprint density at radius 2 is 1.67 bits per heavy atom. The van der Waals surface area contributed by atoms with E-state index in [1.807, 2.05) is 18.3 Å². The van der Waals surface area contributed by atoms with Crippen LogP contribution in [0.1, 0.15) is 16.7 Å². The van der Waals surface area contributed by atoms with E-state index in [0.29, 0.717) is 5.95 Å². The van der Waals surface area contributed by atoms with Gasteiger partial charge in [-0.3, -0.25) is 4.90 Å². The summed E-state index contributed by atoms with van der Waals surface area (Å²) in [5, 5.41) is 3.35. The fraction of sp³-hybridized carbons (Fsp3) is 0.280. The van der Waals surface area contributed by atoms with Gasteiger partial charge in [-0.15, -0.1) is 0 Å². The van der Waals surface area contributed by atoms with Crippen molar-refractivity contribution >= 4 is 23.5 Å². The number of rotatable bonds is 6. The summed E-state index contributed by atoms with van der Waals surface area (Å²) in [6.45, 7) is 9.18. The first kappa shape index (κ1) is 20.1. The molecule has 5 nitrogen and oxygen atoms in total. The zero-order valence-electron chi connectivity index (χ0n) is 17.8. The Balaban J connectivity index is 1.32. The lowest BCUT2D eigenvalue weighted by atomic mass is 10.1. The van der Waals surface area contributed by atoms with Gasteiger partial charge < -0.3 is 10.2 Å². The van der Waals surface area contributed by atoms with Gasteiger partial charge in [0, 0.05) is 44.6 Å². The molecule has 4 rings (SSSR count). The molecular weight excluding hydrogens is 370 g/mol. The molecule has 0 bridgehead atoms. The SMILES string of the molecule is Cc1cc(C)cc(Nc2nccc(N3CCN(C/C=C/c4ccccc4)CC3)n2)c1. The first-order chi connectivity index (χ1) is 14.7. The van der Waals surface area contributed by atoms with Gasteiger partial charge in [0.15, 0.2) is 0 Å². The first-order valence-corrected chi connectivity index (χ1v) is 10.5. The normalized spacial score (nSPS) is 14.9. The van der Waals surface area contributed by atoms with Crippen molar-refractivity contribution in [3.63, 3.8) is 0 Å². The van der Waals surface area contributed by atoms with E-state index < -0.39 is 0 Å². The van der Waals surface area contributed by atoms with Crippen molar-refractivity contribution in [1.29, 1.82) is 0 Å². The molecule has 0 radical (unpaired) electrons. The quantitative estimate of drug-likeness (QED) is 0.652. The number of nitrogens with one attached hydrogen (secondary N) is 1. The van der Waals surface area contributed by atoms with Gasteiger partial charge in [-0.1, -0.05) is 48.6 Å². The van der Waals surface area contributed by atoms with E-state index in [9.17, 15) is 0 Å². The Bertz CT molecular complexity index is 971. The van der Waals surface area contributed by atoms with Crippen molar-refractivity contribution in [3.05, 3.63) is 83.6 Å². The molecule has 1 N–H and O–H groups in total. The van der Waals surface area contributed by atoms with Gasteiger partial charge in [-0.2, -0.15) is 4.98 Å². The van der Waals surface area contributed by atoms with Crippen molar-refractivity contribution in [3.8, 4) is 0 Å². The molecule has 30 heavy (non-hydrogen) atoms. The van der Waals surface area contributed by atoms with Crippen LogP contribution in [0.2, 0.25) is 0 Å². The monoisotopic (exact) mass is 399 g/mol. The smallest absolute Gasteiger partial charge is 0.229 e. The predicted octanol–water partition coefficient (Wildman–Crippen LogP) is 4.67. The molecule has 1 aromatic heterocycles. The molecule has 0 amide bonds. The molecule has 154 valence electrons. The van der Waals surface area contributed by atoms with E-state index in [2.05, 4.69) is 88.6 Å². The van der Waals surface area contributed by atoms with Gasteiger partial charge in [-0.25, -0.2) is 4.98 Å². The van der Waals surface area contributed by atoms with Gasteiger partial charge in [0.1, 0.15) is 5.82 Å². The van der Waals surface area contributed by atoms with Gasteiger partial charge in [0.25, 0.3) is 0 Å². The van der Waals surface area contributed by atoms with Crippen molar-refractivity contribution in [2.45, 2.75) is 13.8 Å². The third-order valence-corrected chi connectivity index (χ3v) is 5.29. The highest BCUT2D eigenvalue weighted by Gasteiger charge is 2.17. The fourth-order valence-electron chi connectivity index (χ4n) is 3.82. The number of anilines is 3. The van der Waals surface area contributed by atoms with Crippen LogP contribution in [0, 0.1) is 13.8 Å². The zero-order valence-corrected chi connectivity index (χ0v) is 17.8. The minimum atomic E-state index is 0.644. The summed E-state index contributed by atoms with van der Waals surface area (Å²) < 4.78 is 0. The Morgan fingerprint density at radius 1 is 0.933 bits per heavy atom. The minimum absolute atomic E-state index is 0.644. The third kappa shape index (κ3) is 5.45. The molecule has 1 saturated heterocycles. The van der Waals surface area contributed by atoms with Crippen molar-refractivity contribution in [2.24, 2.45) is 0 Å². The number of hydrogen-bond donors (Lipinski definition) is 1. The van der Waals surface area contributed by atoms with Gasteiger partial charge in [-0.05, 0) is 48.7 Å². The summed E-state index contributed by atoms with van der Waals surface area (Å²) in [4.78, 5) is 14.0. The predicted molar refractivity (Wildman–Crippen MR) is 125 cm³/mol. The number of nitrogens with zero attached hydrogens (tertiary/aromatic N) is 4. The maximum atomic E-state index is 4.75. The average molecular weight is 400 g/mol. The summed E-state index contributed by atoms with van der Waals surface area (Å²) in [5.74, 6) is 1.63. The van der Waals surface area contributed by atoms with Crippen LogP contribution in [0.5, 0.6) is 0 Å². The molecule has 2 aromatic carbocycles. The topological polar surface area (TPSA) is 44.3 Å². The van der Waals surface area contributed by atoms with Crippen molar-refractivity contribution in [1.82, 2.24) is 14.9 Å². The number of piperazine rings is 1. The maximum absolute atomic E-state index is 4.75. The standard InChI is InChI=1S/C25H29N5/c1-20-17-21(2)19-23(18-20)27-25-26-11-10-24(28-25)30-15-13-29(14-16-30)12-6-9-22-7-4-3-5-8-22/h3-11,17-19H,12-16H2,1-2H3,(H,26,27,28)/b9-6+. The molecule has 0 saturated carbocycles. The van der Waals surface area contributed by atoms with Crippen LogP contribution >= 0.6 is 0 Å². The fourth-order valence-corrected chi connectivity index (χ4v) is 3.82. The van der Waals surface area contributed by atoms with Crippen LogP contribution in [0.3, 0.4) is 0 Å². The minimum Gasteiger partial charge on any atom is -0.354 e. The van der Waals surface area contributed by atoms with Gasteiger partial charge in [0.2, 0.25) is 5.95 Å². The van der Waals surface area contributed by atoms with Crippen LogP contribution in [0.25, 0.3) is 6.08 Å². The Hall–Kier alpha value is -3.18. The van der Waals surface area contributed by atoms with Gasteiger partial charge in [0.05, 0.1) is 0 Å². The van der Waals surface area contributed by atoms with E-state index in [1.54, 1.807) is 0 Å². The zero-order chi connectivity index (χ0) is 20.8. The lowest BCUT2D eigenvalue weighted by Gasteiger charge is -2.34. The van der Waals surface area contributed by atoms with Crippen LogP contribution < -0.4 is 10.2 Å². The summed E-state index contributed by atoms with van der Waals surface area (Å²) >= 11 is 0. The van der Waals surface area contributed by atoms with Crippen molar-refractivity contribution in [2.75, 3.05) is 42.9 Å².